The molecule has 1 N–H and O–H groups in total. The number of nitrogens with one attached hydrogen (secondary N) is 1. The monoisotopic (exact) mass is 330 g/mol. The molecule has 1 aromatic heterocycles. The van der Waals surface area contributed by atoms with E-state index in [1.807, 2.05) is 31.3 Å². The van der Waals surface area contributed by atoms with Gasteiger partial charge in [-0.05, 0) is 44.0 Å². The largest absolute Gasteiger partial charge is 0.369 e. The molecule has 1 atom stereocenters. The SMILES string of the molecule is CCOC(c1cc(Cl)ccc1NC=O)c1cccnc1C1CC1. The Morgan fingerprint density at radius 3 is 2.91 bits per heavy atom. The first-order chi connectivity index (χ1) is 11.2. The Bertz CT molecular complexity index is 701. The van der Waals surface area contributed by atoms with Crippen LogP contribution in [-0.2, 0) is 9.53 Å². The number of ether oxygens (including phenoxy) is 1. The first kappa shape index (κ1) is 16.0. The van der Waals surface area contributed by atoms with E-state index >= 15 is 0 Å². The van der Waals surface area contributed by atoms with Crippen LogP contribution in [0.4, 0.5) is 5.69 Å². The van der Waals surface area contributed by atoms with Crippen LogP contribution in [0.5, 0.6) is 0 Å². The number of anilines is 1. The highest BCUT2D eigenvalue weighted by Crippen LogP contribution is 2.44. The van der Waals surface area contributed by atoms with E-state index in [1.54, 1.807) is 12.1 Å². The van der Waals surface area contributed by atoms with Gasteiger partial charge in [0, 0.05) is 46.3 Å². The summed E-state index contributed by atoms with van der Waals surface area (Å²) < 4.78 is 6.02. The van der Waals surface area contributed by atoms with Crippen LogP contribution in [0.25, 0.3) is 0 Å². The first-order valence-electron chi connectivity index (χ1n) is 7.80. The molecule has 0 radical (unpaired) electrons. The van der Waals surface area contributed by atoms with Crippen LogP contribution < -0.4 is 5.32 Å². The number of halogens is 1. The van der Waals surface area contributed by atoms with Crippen molar-refractivity contribution in [3.63, 3.8) is 0 Å². The smallest absolute Gasteiger partial charge is 0.211 e. The van der Waals surface area contributed by atoms with Gasteiger partial charge in [0.15, 0.2) is 0 Å². The predicted octanol–water partition coefficient (Wildman–Crippen LogP) is 4.31. The van der Waals surface area contributed by atoms with Gasteiger partial charge >= 0.3 is 0 Å². The third-order valence-corrected chi connectivity index (χ3v) is 4.20. The zero-order valence-electron chi connectivity index (χ0n) is 13.0. The molecule has 5 heteroatoms. The Kier molecular flexibility index (Phi) is 4.94. The maximum Gasteiger partial charge on any atom is 0.211 e. The van der Waals surface area contributed by atoms with Crippen LogP contribution in [0.1, 0.15) is 48.6 Å². The van der Waals surface area contributed by atoms with Crippen LogP contribution in [0.2, 0.25) is 5.02 Å². The lowest BCUT2D eigenvalue weighted by Crippen LogP contribution is -2.12. The highest BCUT2D eigenvalue weighted by Gasteiger charge is 2.31. The van der Waals surface area contributed by atoms with Crippen LogP contribution in [0.3, 0.4) is 0 Å². The molecule has 1 fully saturated rings. The third-order valence-electron chi connectivity index (χ3n) is 3.96. The maximum absolute atomic E-state index is 10.9. The molecule has 2 aromatic rings. The molecule has 4 nitrogen and oxygen atoms in total. The Morgan fingerprint density at radius 1 is 1.39 bits per heavy atom. The molecule has 120 valence electrons. The second-order valence-electron chi connectivity index (χ2n) is 5.58. The normalized spacial score (nSPS) is 15.2. The number of hydrogen-bond donors (Lipinski definition) is 1. The van der Waals surface area contributed by atoms with E-state index in [0.29, 0.717) is 29.6 Å². The summed E-state index contributed by atoms with van der Waals surface area (Å²) in [6.07, 6.45) is 4.52. The number of aromatic nitrogens is 1. The Morgan fingerprint density at radius 2 is 2.22 bits per heavy atom. The summed E-state index contributed by atoms with van der Waals surface area (Å²) >= 11 is 6.18. The summed E-state index contributed by atoms with van der Waals surface area (Å²) in [5.74, 6) is 0.510. The van der Waals surface area contributed by atoms with Crippen LogP contribution in [-0.4, -0.2) is 18.0 Å². The van der Waals surface area contributed by atoms with Crippen LogP contribution >= 0.6 is 11.6 Å². The lowest BCUT2D eigenvalue weighted by Gasteiger charge is -2.23. The molecule has 0 aliphatic heterocycles. The van der Waals surface area contributed by atoms with Gasteiger partial charge < -0.3 is 10.1 Å². The Labute approximate surface area is 140 Å². The Balaban J connectivity index is 2.09. The van der Waals surface area contributed by atoms with Gasteiger partial charge in [-0.25, -0.2) is 0 Å². The lowest BCUT2D eigenvalue weighted by atomic mass is 9.96. The minimum Gasteiger partial charge on any atom is -0.369 e. The number of rotatable bonds is 7. The number of pyridine rings is 1. The number of carbonyl (C=O) groups excluding carboxylic acids is 1. The van der Waals surface area contributed by atoms with Crippen LogP contribution in [0, 0.1) is 0 Å². The number of hydrogen-bond acceptors (Lipinski definition) is 3. The van der Waals surface area contributed by atoms with Gasteiger partial charge in [0.05, 0.1) is 0 Å². The van der Waals surface area contributed by atoms with Crippen molar-refractivity contribution < 1.29 is 9.53 Å². The lowest BCUT2D eigenvalue weighted by molar-refractivity contribution is -0.105. The van der Waals surface area contributed by atoms with Crippen molar-refractivity contribution in [2.75, 3.05) is 11.9 Å². The van der Waals surface area contributed by atoms with Crippen molar-refractivity contribution in [1.29, 1.82) is 0 Å². The average molecular weight is 331 g/mol. The van der Waals surface area contributed by atoms with Gasteiger partial charge in [-0.3, -0.25) is 9.78 Å². The van der Waals surface area contributed by atoms with Gasteiger partial charge in [0.2, 0.25) is 6.41 Å². The summed E-state index contributed by atoms with van der Waals surface area (Å²) in [4.78, 5) is 15.5. The molecule has 0 bridgehead atoms. The van der Waals surface area contributed by atoms with Crippen molar-refractivity contribution in [2.24, 2.45) is 0 Å². The highest BCUT2D eigenvalue weighted by molar-refractivity contribution is 6.30. The summed E-state index contributed by atoms with van der Waals surface area (Å²) in [5, 5.41) is 3.35. The molecule has 1 aliphatic carbocycles. The zero-order valence-corrected chi connectivity index (χ0v) is 13.7. The van der Waals surface area contributed by atoms with Gasteiger partial charge in [-0.1, -0.05) is 17.7 Å². The molecule has 0 spiro atoms. The molecule has 0 saturated heterocycles. The van der Waals surface area contributed by atoms with Gasteiger partial charge in [-0.15, -0.1) is 0 Å². The van der Waals surface area contributed by atoms with Gasteiger partial charge in [0.25, 0.3) is 0 Å². The summed E-state index contributed by atoms with van der Waals surface area (Å²) in [5.41, 5.74) is 3.69. The van der Waals surface area contributed by atoms with E-state index in [2.05, 4.69) is 10.3 Å². The minimum absolute atomic E-state index is 0.301. The van der Waals surface area contributed by atoms with Gasteiger partial charge in [0.1, 0.15) is 6.10 Å². The predicted molar refractivity (Wildman–Crippen MR) is 90.8 cm³/mol. The molecule has 23 heavy (non-hydrogen) atoms. The zero-order chi connectivity index (χ0) is 16.2. The summed E-state index contributed by atoms with van der Waals surface area (Å²) in [6.45, 7) is 2.51. The number of benzene rings is 1. The van der Waals surface area contributed by atoms with Crippen molar-refractivity contribution >= 4 is 23.7 Å². The van der Waals surface area contributed by atoms with E-state index in [0.717, 1.165) is 29.7 Å². The fourth-order valence-corrected chi connectivity index (χ4v) is 2.99. The quantitative estimate of drug-likeness (QED) is 0.770. The molecule has 3 rings (SSSR count). The molecule has 1 aromatic carbocycles. The second kappa shape index (κ2) is 7.11. The molecular formula is C18H19ClN2O2. The van der Waals surface area contributed by atoms with E-state index in [-0.39, 0.29) is 6.10 Å². The van der Waals surface area contributed by atoms with Crippen molar-refractivity contribution in [2.45, 2.75) is 31.8 Å². The van der Waals surface area contributed by atoms with E-state index in [4.69, 9.17) is 16.3 Å². The van der Waals surface area contributed by atoms with E-state index in [9.17, 15) is 4.79 Å². The topological polar surface area (TPSA) is 51.2 Å². The molecular weight excluding hydrogens is 312 g/mol. The van der Waals surface area contributed by atoms with Crippen molar-refractivity contribution in [3.05, 3.63) is 58.4 Å². The summed E-state index contributed by atoms with van der Waals surface area (Å²) in [6, 6.07) is 9.37. The van der Waals surface area contributed by atoms with Crippen molar-refractivity contribution in [1.82, 2.24) is 4.98 Å². The van der Waals surface area contributed by atoms with E-state index < -0.39 is 0 Å². The average Bonchev–Trinajstić information content (AvgIpc) is 3.40. The van der Waals surface area contributed by atoms with Crippen molar-refractivity contribution in [3.8, 4) is 0 Å². The second-order valence-corrected chi connectivity index (χ2v) is 6.02. The van der Waals surface area contributed by atoms with Gasteiger partial charge in [-0.2, -0.15) is 0 Å². The fourth-order valence-electron chi connectivity index (χ4n) is 2.81. The molecule has 1 unspecified atom stereocenters. The molecule has 1 heterocycles. The maximum atomic E-state index is 10.9. The minimum atomic E-state index is -0.301. The number of carbonyl (C=O) groups is 1. The number of nitrogens with zero attached hydrogens (tertiary/aromatic N) is 1. The first-order valence-corrected chi connectivity index (χ1v) is 8.18. The molecule has 1 saturated carbocycles. The third kappa shape index (κ3) is 3.54. The Hall–Kier alpha value is -1.91. The highest BCUT2D eigenvalue weighted by atomic mass is 35.5. The van der Waals surface area contributed by atoms with E-state index in [1.165, 1.54) is 0 Å². The standard InChI is InChI=1S/C18H19ClN2O2/c1-2-23-18(14-4-3-9-20-17(14)12-5-6-12)15-10-13(19)7-8-16(15)21-11-22/h3-4,7-12,18H,2,5-6H2,1H3,(H,21,22). The molecule has 1 amide bonds. The van der Waals surface area contributed by atoms with Crippen LogP contribution in [0.15, 0.2) is 36.5 Å². The molecule has 1 aliphatic rings. The number of amides is 1. The fraction of sp³-hybridized carbons (Fsp3) is 0.333. The summed E-state index contributed by atoms with van der Waals surface area (Å²) in [7, 11) is 0.